The molecule has 0 aromatic carbocycles. The molecule has 41 heavy (non-hydrogen) atoms. The van der Waals surface area contributed by atoms with Gasteiger partial charge in [0.25, 0.3) is 5.56 Å². The summed E-state index contributed by atoms with van der Waals surface area (Å²) in [4.78, 5) is 42.3. The minimum atomic E-state index is -3.62. The fourth-order valence-corrected chi connectivity index (χ4v) is 7.70. The summed E-state index contributed by atoms with van der Waals surface area (Å²) in [5.41, 5.74) is 10.9. The van der Waals surface area contributed by atoms with Gasteiger partial charge in [0.05, 0.1) is 42.8 Å². The van der Waals surface area contributed by atoms with E-state index in [1.807, 2.05) is 0 Å². The van der Waals surface area contributed by atoms with Gasteiger partial charge in [-0.25, -0.2) is 15.0 Å². The Morgan fingerprint density at radius 1 is 1.15 bits per heavy atom. The number of imidazole rings is 1. The van der Waals surface area contributed by atoms with E-state index >= 15 is 0 Å². The van der Waals surface area contributed by atoms with E-state index in [4.69, 9.17) is 37.3 Å². The molecule has 0 amide bonds. The Morgan fingerprint density at radius 3 is 2.73 bits per heavy atom. The van der Waals surface area contributed by atoms with Crippen LogP contribution in [0.5, 0.6) is 0 Å². The molecule has 17 nitrogen and oxygen atoms in total. The molecule has 9 N–H and O–H groups in total. The summed E-state index contributed by atoms with van der Waals surface area (Å²) >= 11 is 5.53. The van der Waals surface area contributed by atoms with Crippen molar-refractivity contribution in [3.05, 3.63) is 35.3 Å². The molecule has 2 aliphatic rings. The monoisotopic (exact) mass is 609 g/mol. The third-order valence-corrected chi connectivity index (χ3v) is 10.3. The van der Waals surface area contributed by atoms with E-state index in [1.54, 1.807) is 16.8 Å². The van der Waals surface area contributed by atoms with E-state index < -0.39 is 54.6 Å². The summed E-state index contributed by atoms with van der Waals surface area (Å²) < 4.78 is 20.7. The molecule has 6 rings (SSSR count). The number of nitrogens with two attached hydrogens (primary N) is 2. The van der Waals surface area contributed by atoms with Crippen LogP contribution in [0.3, 0.4) is 0 Å². The molecule has 0 saturated carbocycles. The standard InChI is InChI=1S/C22H28N9O8PS/c23-16-10-1-3-30(17(10)26-7-25-16)21-15(34)14(33)11(39-21)2-4-37-40(36,41)12-5-9(6-32)38-20(12)31-8-27-13-18(31)28-22(24)29-19(13)35/h1,3,7-9,11-12,14-15,20-21,32-34H,2,4-6H2,(H,36,41)(H2,23,25,26)(H3,24,28,29,35)/t9?,11-,12-,14-,15-,20?,21-,40?/m1/s1. The van der Waals surface area contributed by atoms with Crippen LogP contribution in [0.15, 0.2) is 29.7 Å². The Morgan fingerprint density at radius 2 is 1.95 bits per heavy atom. The van der Waals surface area contributed by atoms with Crippen LogP contribution in [0.1, 0.15) is 25.3 Å². The zero-order valence-corrected chi connectivity index (χ0v) is 23.0. The number of fused-ring (bicyclic) bond motifs is 2. The lowest BCUT2D eigenvalue weighted by Crippen LogP contribution is -2.32. The lowest BCUT2D eigenvalue weighted by atomic mass is 10.1. The predicted octanol–water partition coefficient (Wildman–Crippen LogP) is -1.29. The molecule has 0 radical (unpaired) electrons. The maximum atomic E-state index is 12.2. The minimum absolute atomic E-state index is 0.0197. The van der Waals surface area contributed by atoms with Crippen molar-refractivity contribution in [3.8, 4) is 0 Å². The van der Waals surface area contributed by atoms with E-state index in [9.17, 15) is 25.0 Å². The highest BCUT2D eigenvalue weighted by atomic mass is 32.5. The highest BCUT2D eigenvalue weighted by Crippen LogP contribution is 2.57. The van der Waals surface area contributed by atoms with Crippen LogP contribution in [-0.4, -0.2) is 97.6 Å². The highest BCUT2D eigenvalue weighted by molar-refractivity contribution is 8.09. The van der Waals surface area contributed by atoms with Crippen molar-refractivity contribution in [3.63, 3.8) is 0 Å². The van der Waals surface area contributed by atoms with Crippen LogP contribution in [0.2, 0.25) is 0 Å². The zero-order valence-electron chi connectivity index (χ0n) is 21.3. The highest BCUT2D eigenvalue weighted by Gasteiger charge is 2.47. The SMILES string of the molecule is Nc1nc2c(ncn2C2OC(CO)C[C@H]2P(O)(=S)OCC[C@H]2O[C@@H](n3ccc4c(N)ncnc43)[C@H](O)[C@@H]2O)c(=O)[nH]1. The third kappa shape index (κ3) is 4.90. The summed E-state index contributed by atoms with van der Waals surface area (Å²) in [5, 5.41) is 31.7. The largest absolute Gasteiger partial charge is 0.394 e. The fourth-order valence-electron chi connectivity index (χ4n) is 5.31. The number of aliphatic hydroxyl groups excluding tert-OH is 3. The number of ether oxygens (including phenoxy) is 2. The molecule has 2 aliphatic heterocycles. The van der Waals surface area contributed by atoms with Crippen LogP contribution in [0, 0.1) is 0 Å². The van der Waals surface area contributed by atoms with E-state index in [0.29, 0.717) is 11.0 Å². The molecular formula is C22H28N9O8PS. The van der Waals surface area contributed by atoms with Gasteiger partial charge in [-0.05, 0) is 24.3 Å². The van der Waals surface area contributed by atoms with Crippen LogP contribution < -0.4 is 17.0 Å². The Kier molecular flexibility index (Phi) is 7.29. The van der Waals surface area contributed by atoms with Crippen molar-refractivity contribution >= 4 is 52.3 Å². The molecule has 0 spiro atoms. The van der Waals surface area contributed by atoms with Gasteiger partial charge in [0.2, 0.25) is 5.95 Å². The number of hydrogen-bond donors (Lipinski definition) is 7. The van der Waals surface area contributed by atoms with Gasteiger partial charge in [-0.3, -0.25) is 14.3 Å². The fraction of sp³-hybridized carbons (Fsp3) is 0.500. The van der Waals surface area contributed by atoms with Crippen molar-refractivity contribution in [2.75, 3.05) is 24.7 Å². The van der Waals surface area contributed by atoms with Crippen molar-refractivity contribution in [1.82, 2.24) is 34.1 Å². The van der Waals surface area contributed by atoms with E-state index in [2.05, 4.69) is 24.9 Å². The topological polar surface area (TPSA) is 255 Å². The van der Waals surface area contributed by atoms with Crippen molar-refractivity contribution in [1.29, 1.82) is 0 Å². The number of rotatable bonds is 8. The second kappa shape index (κ2) is 10.6. The van der Waals surface area contributed by atoms with Gasteiger partial charge in [0.1, 0.15) is 36.2 Å². The lowest BCUT2D eigenvalue weighted by Gasteiger charge is -2.27. The first-order valence-corrected chi connectivity index (χ1v) is 15.4. The summed E-state index contributed by atoms with van der Waals surface area (Å²) in [6.45, 7) is -4.06. The maximum Gasteiger partial charge on any atom is 0.280 e. The molecule has 4 aromatic heterocycles. The first kappa shape index (κ1) is 28.1. The summed E-state index contributed by atoms with van der Waals surface area (Å²) in [7, 11) is 0. The molecule has 0 bridgehead atoms. The Bertz CT molecular complexity index is 1700. The van der Waals surface area contributed by atoms with Gasteiger partial charge >= 0.3 is 0 Å². The van der Waals surface area contributed by atoms with Gasteiger partial charge < -0.3 is 50.2 Å². The van der Waals surface area contributed by atoms with E-state index in [-0.39, 0.29) is 49.0 Å². The number of aromatic amines is 1. The van der Waals surface area contributed by atoms with Crippen LogP contribution in [0.25, 0.3) is 22.2 Å². The van der Waals surface area contributed by atoms with E-state index in [1.165, 1.54) is 17.2 Å². The number of H-pyrrole nitrogens is 1. The smallest absolute Gasteiger partial charge is 0.280 e. The van der Waals surface area contributed by atoms with Crippen molar-refractivity contribution in [2.24, 2.45) is 0 Å². The normalized spacial score (nSPS) is 29.9. The quantitative estimate of drug-likeness (QED) is 0.115. The van der Waals surface area contributed by atoms with E-state index in [0.717, 1.165) is 0 Å². The molecule has 220 valence electrons. The second-order valence-corrected chi connectivity index (χ2v) is 13.5. The van der Waals surface area contributed by atoms with Crippen LogP contribution in [0.4, 0.5) is 11.8 Å². The number of nitrogens with zero attached hydrogens (tertiary/aromatic N) is 6. The molecule has 6 heterocycles. The number of hydrogen-bond acceptors (Lipinski definition) is 14. The molecular weight excluding hydrogens is 581 g/mol. The van der Waals surface area contributed by atoms with Gasteiger partial charge in [-0.2, -0.15) is 4.98 Å². The van der Waals surface area contributed by atoms with Crippen molar-refractivity contribution in [2.45, 2.75) is 55.4 Å². The molecule has 0 aliphatic carbocycles. The Hall–Kier alpha value is -3.06. The molecule has 2 fully saturated rings. The maximum absolute atomic E-state index is 12.2. The number of nitrogen functional groups attached to an aromatic ring is 2. The number of aliphatic hydroxyl groups is 3. The number of nitrogens with one attached hydrogen (secondary N) is 1. The second-order valence-electron chi connectivity index (χ2n) is 9.86. The van der Waals surface area contributed by atoms with Gasteiger partial charge in [-0.15, -0.1) is 0 Å². The van der Waals surface area contributed by atoms with Crippen LogP contribution >= 0.6 is 6.49 Å². The molecule has 8 atom stereocenters. The van der Waals surface area contributed by atoms with Gasteiger partial charge in [0.15, 0.2) is 23.9 Å². The summed E-state index contributed by atoms with van der Waals surface area (Å²) in [6, 6.07) is 1.69. The average Bonchev–Trinajstić information content (AvgIpc) is 3.70. The summed E-state index contributed by atoms with van der Waals surface area (Å²) in [5.74, 6) is 0.143. The molecule has 3 unspecified atom stereocenters. The number of aromatic nitrogens is 7. The average molecular weight is 610 g/mol. The molecule has 4 aromatic rings. The first-order valence-electron chi connectivity index (χ1n) is 12.6. The Balaban J connectivity index is 1.16. The third-order valence-electron chi connectivity index (χ3n) is 7.34. The first-order chi connectivity index (χ1) is 19.6. The van der Waals surface area contributed by atoms with Gasteiger partial charge in [0, 0.05) is 12.6 Å². The zero-order chi connectivity index (χ0) is 29.1. The minimum Gasteiger partial charge on any atom is -0.394 e. The number of anilines is 2. The lowest BCUT2D eigenvalue weighted by molar-refractivity contribution is -0.0396. The predicted molar refractivity (Wildman–Crippen MR) is 147 cm³/mol. The Labute approximate surface area is 235 Å². The molecule has 2 saturated heterocycles. The molecule has 19 heteroatoms. The van der Waals surface area contributed by atoms with Gasteiger partial charge in [-0.1, -0.05) is 0 Å². The van der Waals surface area contributed by atoms with Crippen molar-refractivity contribution < 1.29 is 34.2 Å². The summed E-state index contributed by atoms with van der Waals surface area (Å²) in [6.07, 6.45) is -1.43. The van der Waals surface area contributed by atoms with Crippen LogP contribution in [-0.2, 0) is 25.8 Å².